The van der Waals surface area contributed by atoms with Gasteiger partial charge in [-0.2, -0.15) is 11.3 Å². The number of rotatable bonds is 8. The van der Waals surface area contributed by atoms with Gasteiger partial charge in [0, 0.05) is 38.3 Å². The minimum absolute atomic E-state index is 0.000491. The lowest BCUT2D eigenvalue weighted by Gasteiger charge is -2.37. The first-order valence-electron chi connectivity index (χ1n) is 10.5. The van der Waals surface area contributed by atoms with E-state index in [4.69, 9.17) is 4.74 Å². The molecule has 1 N–H and O–H groups in total. The molecule has 162 valence electrons. The normalized spacial score (nSPS) is 15.8. The van der Waals surface area contributed by atoms with Gasteiger partial charge in [0.05, 0.1) is 6.61 Å². The molecule has 2 amide bonds. The number of benzene rings is 1. The summed E-state index contributed by atoms with van der Waals surface area (Å²) in [7, 11) is 0. The Bertz CT molecular complexity index is 813. The third-order valence-electron chi connectivity index (χ3n) is 5.32. The lowest BCUT2D eigenvalue weighted by molar-refractivity contribution is -0.136. The molecule has 1 saturated heterocycles. The van der Waals surface area contributed by atoms with Gasteiger partial charge in [-0.05, 0) is 59.5 Å². The zero-order chi connectivity index (χ0) is 21.5. The Balaban J connectivity index is 1.56. The highest BCUT2D eigenvalue weighted by Crippen LogP contribution is 2.16. The van der Waals surface area contributed by atoms with Crippen molar-refractivity contribution < 1.29 is 14.3 Å². The van der Waals surface area contributed by atoms with Crippen LogP contribution in [-0.4, -0.2) is 60.4 Å². The maximum Gasteiger partial charge on any atom is 0.251 e. The summed E-state index contributed by atoms with van der Waals surface area (Å²) in [4.78, 5) is 30.1. The second-order valence-corrected chi connectivity index (χ2v) is 8.67. The Morgan fingerprint density at radius 1 is 1.10 bits per heavy atom. The van der Waals surface area contributed by atoms with Gasteiger partial charge in [0.2, 0.25) is 5.91 Å². The molecule has 2 aromatic rings. The molecule has 0 spiro atoms. The summed E-state index contributed by atoms with van der Waals surface area (Å²) in [5, 5.41) is 7.21. The number of amides is 2. The molecule has 3 rings (SSSR count). The molecule has 1 fully saturated rings. The van der Waals surface area contributed by atoms with Crippen molar-refractivity contribution in [3.8, 4) is 5.75 Å². The number of piperazine rings is 1. The van der Waals surface area contributed by atoms with E-state index in [0.717, 1.165) is 25.4 Å². The number of carbonyl (C=O) groups excluding carboxylic acids is 2. The number of hydrogen-bond acceptors (Lipinski definition) is 5. The number of nitrogens with one attached hydrogen (secondary N) is 1. The molecular formula is C23H31N3O3S. The minimum atomic E-state index is -0.535. The van der Waals surface area contributed by atoms with Gasteiger partial charge in [-0.3, -0.25) is 14.5 Å². The number of ether oxygens (including phenoxy) is 1. The fraction of sp³-hybridized carbons (Fsp3) is 0.478. The molecule has 1 aliphatic rings. The molecule has 30 heavy (non-hydrogen) atoms. The van der Waals surface area contributed by atoms with Crippen LogP contribution in [-0.2, 0) is 11.3 Å². The second kappa shape index (κ2) is 10.6. The summed E-state index contributed by atoms with van der Waals surface area (Å²) in [6, 6.07) is 8.62. The Morgan fingerprint density at radius 2 is 1.80 bits per heavy atom. The van der Waals surface area contributed by atoms with E-state index in [-0.39, 0.29) is 17.7 Å². The average Bonchev–Trinajstić information content (AvgIpc) is 3.25. The number of hydrogen-bond donors (Lipinski definition) is 1. The van der Waals surface area contributed by atoms with Crippen molar-refractivity contribution in [3.05, 3.63) is 52.2 Å². The standard InChI is InChI=1S/C23H31N3O3S/c1-4-29-20-7-5-19(6-8-20)22(27)24-21(17(2)3)23(28)26-12-10-25(11-13-26)15-18-9-14-30-16-18/h5-9,14,16-17,21H,4,10-13,15H2,1-3H3,(H,24,27)/t21-/m0/s1. The highest BCUT2D eigenvalue weighted by atomic mass is 32.1. The van der Waals surface area contributed by atoms with E-state index in [1.54, 1.807) is 35.6 Å². The van der Waals surface area contributed by atoms with Crippen LogP contribution < -0.4 is 10.1 Å². The van der Waals surface area contributed by atoms with Crippen molar-refractivity contribution in [2.75, 3.05) is 32.8 Å². The Hall–Kier alpha value is -2.38. The van der Waals surface area contributed by atoms with Gasteiger partial charge in [-0.15, -0.1) is 0 Å². The van der Waals surface area contributed by atoms with E-state index >= 15 is 0 Å². The Labute approximate surface area is 182 Å². The minimum Gasteiger partial charge on any atom is -0.494 e. The molecule has 0 bridgehead atoms. The molecule has 1 aliphatic heterocycles. The SMILES string of the molecule is CCOc1ccc(C(=O)N[C@H](C(=O)N2CCN(Cc3ccsc3)CC2)C(C)C)cc1. The van der Waals surface area contributed by atoms with Crippen molar-refractivity contribution in [2.45, 2.75) is 33.4 Å². The van der Waals surface area contributed by atoms with Crippen LogP contribution in [0.25, 0.3) is 0 Å². The first kappa shape index (κ1) is 22.3. The zero-order valence-electron chi connectivity index (χ0n) is 18.0. The topological polar surface area (TPSA) is 61.9 Å². The van der Waals surface area contributed by atoms with Crippen LogP contribution in [0.15, 0.2) is 41.1 Å². The second-order valence-electron chi connectivity index (χ2n) is 7.89. The van der Waals surface area contributed by atoms with E-state index < -0.39 is 6.04 Å². The predicted molar refractivity (Wildman–Crippen MR) is 120 cm³/mol. The van der Waals surface area contributed by atoms with Crippen LogP contribution in [0.3, 0.4) is 0 Å². The summed E-state index contributed by atoms with van der Waals surface area (Å²) in [5.41, 5.74) is 1.85. The molecule has 0 saturated carbocycles. The molecule has 1 atom stereocenters. The predicted octanol–water partition coefficient (Wildman–Crippen LogP) is 3.25. The van der Waals surface area contributed by atoms with Crippen molar-refractivity contribution >= 4 is 23.2 Å². The molecule has 0 unspecified atom stereocenters. The van der Waals surface area contributed by atoms with Crippen LogP contribution in [0, 0.1) is 5.92 Å². The average molecular weight is 430 g/mol. The Kier molecular flexibility index (Phi) is 7.87. The summed E-state index contributed by atoms with van der Waals surface area (Å²) in [5.74, 6) is 0.500. The van der Waals surface area contributed by atoms with Crippen molar-refractivity contribution in [3.63, 3.8) is 0 Å². The lowest BCUT2D eigenvalue weighted by atomic mass is 10.0. The van der Waals surface area contributed by atoms with Crippen LogP contribution in [0.2, 0.25) is 0 Å². The van der Waals surface area contributed by atoms with Gasteiger partial charge >= 0.3 is 0 Å². The van der Waals surface area contributed by atoms with Gasteiger partial charge < -0.3 is 15.0 Å². The van der Waals surface area contributed by atoms with E-state index in [1.807, 2.05) is 25.7 Å². The van der Waals surface area contributed by atoms with E-state index in [2.05, 4.69) is 27.0 Å². The summed E-state index contributed by atoms with van der Waals surface area (Å²) >= 11 is 1.71. The van der Waals surface area contributed by atoms with E-state index in [9.17, 15) is 9.59 Å². The molecule has 0 radical (unpaired) electrons. The molecular weight excluding hydrogens is 398 g/mol. The highest BCUT2D eigenvalue weighted by molar-refractivity contribution is 7.07. The van der Waals surface area contributed by atoms with E-state index in [0.29, 0.717) is 25.3 Å². The van der Waals surface area contributed by atoms with Crippen LogP contribution in [0.4, 0.5) is 0 Å². The zero-order valence-corrected chi connectivity index (χ0v) is 18.8. The number of thiophene rings is 1. The molecule has 1 aromatic heterocycles. The van der Waals surface area contributed by atoms with Gasteiger partial charge in [0.25, 0.3) is 5.91 Å². The maximum absolute atomic E-state index is 13.1. The Morgan fingerprint density at radius 3 is 2.37 bits per heavy atom. The van der Waals surface area contributed by atoms with Gasteiger partial charge in [0.1, 0.15) is 11.8 Å². The van der Waals surface area contributed by atoms with Crippen LogP contribution in [0.5, 0.6) is 5.75 Å². The lowest BCUT2D eigenvalue weighted by Crippen LogP contribution is -2.56. The number of nitrogens with zero attached hydrogens (tertiary/aromatic N) is 2. The number of carbonyl (C=O) groups is 2. The molecule has 0 aliphatic carbocycles. The quantitative estimate of drug-likeness (QED) is 0.700. The summed E-state index contributed by atoms with van der Waals surface area (Å²) < 4.78 is 5.42. The molecule has 7 heteroatoms. The third-order valence-corrected chi connectivity index (χ3v) is 6.05. The summed E-state index contributed by atoms with van der Waals surface area (Å²) in [6.07, 6.45) is 0. The van der Waals surface area contributed by atoms with Gasteiger partial charge in [0.15, 0.2) is 0 Å². The van der Waals surface area contributed by atoms with Gasteiger partial charge in [-0.25, -0.2) is 0 Å². The summed E-state index contributed by atoms with van der Waals surface area (Å²) in [6.45, 7) is 10.4. The monoisotopic (exact) mass is 429 g/mol. The molecule has 2 heterocycles. The first-order chi connectivity index (χ1) is 14.5. The largest absolute Gasteiger partial charge is 0.494 e. The smallest absolute Gasteiger partial charge is 0.251 e. The first-order valence-corrected chi connectivity index (χ1v) is 11.5. The van der Waals surface area contributed by atoms with Crippen LogP contribution in [0.1, 0.15) is 36.7 Å². The highest BCUT2D eigenvalue weighted by Gasteiger charge is 2.31. The maximum atomic E-state index is 13.1. The van der Waals surface area contributed by atoms with E-state index in [1.165, 1.54) is 5.56 Å². The molecule has 6 nitrogen and oxygen atoms in total. The third kappa shape index (κ3) is 5.83. The fourth-order valence-electron chi connectivity index (χ4n) is 3.57. The van der Waals surface area contributed by atoms with Crippen molar-refractivity contribution in [2.24, 2.45) is 5.92 Å². The molecule has 1 aromatic carbocycles. The van der Waals surface area contributed by atoms with Crippen molar-refractivity contribution in [1.29, 1.82) is 0 Å². The van der Waals surface area contributed by atoms with Crippen molar-refractivity contribution in [1.82, 2.24) is 15.1 Å². The van der Waals surface area contributed by atoms with Gasteiger partial charge in [-0.1, -0.05) is 13.8 Å². The fourth-order valence-corrected chi connectivity index (χ4v) is 4.23. The van der Waals surface area contributed by atoms with Crippen LogP contribution >= 0.6 is 11.3 Å².